The van der Waals surface area contributed by atoms with Gasteiger partial charge in [0.1, 0.15) is 5.54 Å². The molecule has 0 amide bonds. The van der Waals surface area contributed by atoms with E-state index in [0.717, 1.165) is 18.1 Å². The molecule has 1 unspecified atom stereocenters. The summed E-state index contributed by atoms with van der Waals surface area (Å²) in [4.78, 5) is 0. The van der Waals surface area contributed by atoms with E-state index in [1.54, 1.807) is 0 Å². The highest BCUT2D eigenvalue weighted by Crippen LogP contribution is 2.41. The van der Waals surface area contributed by atoms with Gasteiger partial charge < -0.3 is 0 Å². The third kappa shape index (κ3) is 2.62. The smallest absolute Gasteiger partial charge is 0.118 e. The first-order valence-electron chi connectivity index (χ1n) is 5.03. The molecule has 3 heteroatoms. The van der Waals surface area contributed by atoms with Crippen molar-refractivity contribution in [2.45, 2.75) is 32.2 Å². The first-order valence-corrected chi connectivity index (χ1v) is 6.18. The van der Waals surface area contributed by atoms with Crippen molar-refractivity contribution in [1.82, 2.24) is 5.32 Å². The van der Waals surface area contributed by atoms with E-state index in [2.05, 4.69) is 25.2 Å². The van der Waals surface area contributed by atoms with Gasteiger partial charge >= 0.3 is 0 Å². The van der Waals surface area contributed by atoms with E-state index in [-0.39, 0.29) is 5.54 Å². The van der Waals surface area contributed by atoms with Crippen LogP contribution in [0, 0.1) is 17.2 Å². The van der Waals surface area contributed by atoms with Crippen LogP contribution in [0.3, 0.4) is 0 Å². The van der Waals surface area contributed by atoms with Crippen LogP contribution in [0.1, 0.15) is 26.7 Å². The molecule has 0 bridgehead atoms. The molecule has 0 aromatic carbocycles. The lowest BCUT2D eigenvalue weighted by atomic mass is 9.98. The van der Waals surface area contributed by atoms with Crippen LogP contribution in [-0.2, 0) is 0 Å². The molecule has 1 aliphatic rings. The van der Waals surface area contributed by atoms with Crippen LogP contribution in [0.2, 0.25) is 0 Å². The zero-order chi connectivity index (χ0) is 9.73. The highest BCUT2D eigenvalue weighted by Gasteiger charge is 2.44. The molecule has 0 aromatic heterocycles. The number of rotatable bonds is 6. The normalized spacial score (nSPS) is 20.7. The Hall–Kier alpha value is -0.200. The molecule has 74 valence electrons. The maximum absolute atomic E-state index is 9.22. The highest BCUT2D eigenvalue weighted by atomic mass is 32.2. The molecule has 0 spiro atoms. The molecule has 0 saturated heterocycles. The van der Waals surface area contributed by atoms with E-state index in [0.29, 0.717) is 5.92 Å². The van der Waals surface area contributed by atoms with Crippen LogP contribution in [0.5, 0.6) is 0 Å². The molecule has 1 saturated carbocycles. The quantitative estimate of drug-likeness (QED) is 0.709. The van der Waals surface area contributed by atoms with Crippen LogP contribution in [0.15, 0.2) is 0 Å². The second kappa shape index (κ2) is 4.88. The van der Waals surface area contributed by atoms with Crippen LogP contribution in [0.4, 0.5) is 0 Å². The molecule has 0 aliphatic heterocycles. The van der Waals surface area contributed by atoms with Gasteiger partial charge in [-0.15, -0.1) is 0 Å². The Morgan fingerprint density at radius 3 is 2.62 bits per heavy atom. The fourth-order valence-corrected chi connectivity index (χ4v) is 2.56. The summed E-state index contributed by atoms with van der Waals surface area (Å²) in [5, 5.41) is 12.6. The van der Waals surface area contributed by atoms with Crippen LogP contribution >= 0.6 is 11.8 Å². The Labute approximate surface area is 85.1 Å². The standard InChI is InChI=1S/C10H18N2S/c1-3-12-10(7-11,8-13-4-2)9-5-6-9/h9,12H,3-6,8H2,1-2H3. The second-order valence-electron chi connectivity index (χ2n) is 3.52. The third-order valence-corrected chi connectivity index (χ3v) is 3.57. The van der Waals surface area contributed by atoms with Crippen molar-refractivity contribution >= 4 is 11.8 Å². The number of hydrogen-bond donors (Lipinski definition) is 1. The summed E-state index contributed by atoms with van der Waals surface area (Å²) in [5.41, 5.74) is -0.227. The molecule has 1 aliphatic carbocycles. The minimum Gasteiger partial charge on any atom is -0.299 e. The van der Waals surface area contributed by atoms with Gasteiger partial charge in [0, 0.05) is 5.75 Å². The van der Waals surface area contributed by atoms with Crippen molar-refractivity contribution < 1.29 is 0 Å². The van der Waals surface area contributed by atoms with Crippen molar-refractivity contribution in [3.05, 3.63) is 0 Å². The van der Waals surface area contributed by atoms with E-state index >= 15 is 0 Å². The van der Waals surface area contributed by atoms with Crippen LogP contribution < -0.4 is 5.32 Å². The average Bonchev–Trinajstić information content (AvgIpc) is 2.96. The SMILES string of the molecule is CCNC(C#N)(CSCC)C1CC1. The fraction of sp³-hybridized carbons (Fsp3) is 0.900. The molecule has 1 N–H and O–H groups in total. The molecule has 0 radical (unpaired) electrons. The van der Waals surface area contributed by atoms with E-state index in [1.807, 2.05) is 11.8 Å². The molecule has 0 aromatic rings. The van der Waals surface area contributed by atoms with Gasteiger partial charge in [-0.05, 0) is 31.1 Å². The Bertz CT molecular complexity index is 196. The molecule has 2 nitrogen and oxygen atoms in total. The van der Waals surface area contributed by atoms with Gasteiger partial charge in [0.05, 0.1) is 6.07 Å². The second-order valence-corrected chi connectivity index (χ2v) is 4.80. The Balaban J connectivity index is 2.54. The largest absolute Gasteiger partial charge is 0.299 e. The van der Waals surface area contributed by atoms with E-state index in [4.69, 9.17) is 0 Å². The minimum atomic E-state index is -0.227. The number of hydrogen-bond acceptors (Lipinski definition) is 3. The molecule has 13 heavy (non-hydrogen) atoms. The molecular formula is C10H18N2S. The predicted molar refractivity (Wildman–Crippen MR) is 57.7 cm³/mol. The first kappa shape index (κ1) is 10.9. The van der Waals surface area contributed by atoms with Crippen molar-refractivity contribution in [3.8, 4) is 6.07 Å². The average molecular weight is 198 g/mol. The predicted octanol–water partition coefficient (Wildman–Crippen LogP) is 2.02. The zero-order valence-electron chi connectivity index (χ0n) is 8.47. The first-order chi connectivity index (χ1) is 6.29. The third-order valence-electron chi connectivity index (χ3n) is 2.50. The lowest BCUT2D eigenvalue weighted by Gasteiger charge is -2.26. The van der Waals surface area contributed by atoms with Gasteiger partial charge in [-0.3, -0.25) is 5.32 Å². The van der Waals surface area contributed by atoms with Crippen LogP contribution in [0.25, 0.3) is 0 Å². The van der Waals surface area contributed by atoms with E-state index in [9.17, 15) is 5.26 Å². The summed E-state index contributed by atoms with van der Waals surface area (Å²) in [6.07, 6.45) is 2.45. The number of nitrogens with one attached hydrogen (secondary N) is 1. The molecule has 0 heterocycles. The summed E-state index contributed by atoms with van der Waals surface area (Å²) in [6, 6.07) is 2.48. The number of thioether (sulfide) groups is 1. The molecule has 1 fully saturated rings. The Kier molecular flexibility index (Phi) is 4.08. The van der Waals surface area contributed by atoms with Gasteiger partial charge in [-0.1, -0.05) is 13.8 Å². The summed E-state index contributed by atoms with van der Waals surface area (Å²) in [6.45, 7) is 5.12. The van der Waals surface area contributed by atoms with Crippen molar-refractivity contribution in [2.75, 3.05) is 18.1 Å². The van der Waals surface area contributed by atoms with Gasteiger partial charge in [-0.2, -0.15) is 17.0 Å². The number of nitriles is 1. The fourth-order valence-electron chi connectivity index (χ4n) is 1.63. The zero-order valence-corrected chi connectivity index (χ0v) is 9.28. The molecule has 1 atom stereocenters. The number of nitrogens with zero attached hydrogens (tertiary/aromatic N) is 1. The molecule has 1 rings (SSSR count). The summed E-state index contributed by atoms with van der Waals surface area (Å²) < 4.78 is 0. The van der Waals surface area contributed by atoms with Gasteiger partial charge in [0.25, 0.3) is 0 Å². The van der Waals surface area contributed by atoms with Crippen molar-refractivity contribution in [2.24, 2.45) is 5.92 Å². The van der Waals surface area contributed by atoms with Gasteiger partial charge in [0.15, 0.2) is 0 Å². The topological polar surface area (TPSA) is 35.8 Å². The Morgan fingerprint density at radius 2 is 2.23 bits per heavy atom. The van der Waals surface area contributed by atoms with Gasteiger partial charge in [0.2, 0.25) is 0 Å². The maximum Gasteiger partial charge on any atom is 0.118 e. The van der Waals surface area contributed by atoms with Gasteiger partial charge in [-0.25, -0.2) is 0 Å². The van der Waals surface area contributed by atoms with Crippen molar-refractivity contribution in [1.29, 1.82) is 5.26 Å². The lowest BCUT2D eigenvalue weighted by molar-refractivity contribution is 0.416. The highest BCUT2D eigenvalue weighted by molar-refractivity contribution is 7.99. The molecular weight excluding hydrogens is 180 g/mol. The minimum absolute atomic E-state index is 0.227. The van der Waals surface area contributed by atoms with E-state index < -0.39 is 0 Å². The van der Waals surface area contributed by atoms with Crippen LogP contribution in [-0.4, -0.2) is 23.6 Å². The monoisotopic (exact) mass is 198 g/mol. The Morgan fingerprint density at radius 1 is 1.54 bits per heavy atom. The maximum atomic E-state index is 9.22. The lowest BCUT2D eigenvalue weighted by Crippen LogP contribution is -2.48. The summed E-state index contributed by atoms with van der Waals surface area (Å²) >= 11 is 1.86. The van der Waals surface area contributed by atoms with E-state index in [1.165, 1.54) is 12.8 Å². The van der Waals surface area contributed by atoms with Crippen molar-refractivity contribution in [3.63, 3.8) is 0 Å². The summed E-state index contributed by atoms with van der Waals surface area (Å²) in [5.74, 6) is 2.65. The summed E-state index contributed by atoms with van der Waals surface area (Å²) in [7, 11) is 0.